The van der Waals surface area contributed by atoms with Crippen molar-refractivity contribution in [3.8, 4) is 0 Å². The lowest BCUT2D eigenvalue weighted by Crippen LogP contribution is -2.51. The predicted octanol–water partition coefficient (Wildman–Crippen LogP) is 4.36. The lowest BCUT2D eigenvalue weighted by atomic mass is 9.98. The number of nitrogens with zero attached hydrogens (tertiary/aromatic N) is 2. The van der Waals surface area contributed by atoms with Crippen molar-refractivity contribution in [1.29, 1.82) is 0 Å². The Balaban J connectivity index is 1.89. The van der Waals surface area contributed by atoms with E-state index >= 15 is 0 Å². The fraction of sp³-hybridized carbons (Fsp3) is 0.667. The number of alkyl carbamates (subject to hydrolysis) is 1. The molecule has 2 unspecified atom stereocenters. The number of rotatable bonds is 3. The Labute approximate surface area is 172 Å². The van der Waals surface area contributed by atoms with Gasteiger partial charge < -0.3 is 15.0 Å². The molecule has 0 aliphatic carbocycles. The Morgan fingerprint density at radius 2 is 1.96 bits per heavy atom. The number of carbonyl (C=O) groups excluding carboxylic acids is 2. The maximum absolute atomic E-state index is 12.6. The molecule has 28 heavy (non-hydrogen) atoms. The van der Waals surface area contributed by atoms with Crippen molar-refractivity contribution in [3.05, 3.63) is 22.2 Å². The number of hydrogen-bond acceptors (Lipinski definition) is 5. The summed E-state index contributed by atoms with van der Waals surface area (Å²) < 4.78 is 5.32. The van der Waals surface area contributed by atoms with Crippen molar-refractivity contribution in [1.82, 2.24) is 15.2 Å². The first-order valence-electron chi connectivity index (χ1n) is 9.79. The van der Waals surface area contributed by atoms with Crippen LogP contribution < -0.4 is 5.32 Å². The summed E-state index contributed by atoms with van der Waals surface area (Å²) in [5.74, 6) is -0.00562. The van der Waals surface area contributed by atoms with E-state index < -0.39 is 11.7 Å². The summed E-state index contributed by atoms with van der Waals surface area (Å²) in [6, 6.07) is 0.0751. The molecule has 0 radical (unpaired) electrons. The largest absolute Gasteiger partial charge is 0.444 e. The van der Waals surface area contributed by atoms with Crippen LogP contribution in [0.5, 0.6) is 0 Å². The molecule has 1 aromatic heterocycles. The van der Waals surface area contributed by atoms with Crippen LogP contribution in [0.15, 0.2) is 12.3 Å². The standard InChI is InChI=1S/C21H33N3O3S/c1-14-12-15(23-19(26)27-21(5,6)7)10-11-24(14)17(25)9-8-16-13-22-18(28-16)20(2,3)4/h8-9,13-15H,10-12H2,1-7H3,(H,23,26). The molecule has 1 aliphatic rings. The van der Waals surface area contributed by atoms with Gasteiger partial charge in [-0.05, 0) is 46.6 Å². The van der Waals surface area contributed by atoms with Crippen LogP contribution in [0.25, 0.3) is 6.08 Å². The second kappa shape index (κ2) is 8.64. The molecule has 0 bridgehead atoms. The molecule has 1 N–H and O–H groups in total. The monoisotopic (exact) mass is 407 g/mol. The number of hydrogen-bond donors (Lipinski definition) is 1. The molecule has 6 nitrogen and oxygen atoms in total. The van der Waals surface area contributed by atoms with E-state index in [0.717, 1.165) is 16.3 Å². The first-order chi connectivity index (χ1) is 12.8. The molecule has 156 valence electrons. The van der Waals surface area contributed by atoms with Crippen LogP contribution in [0.3, 0.4) is 0 Å². The van der Waals surface area contributed by atoms with Crippen molar-refractivity contribution >= 4 is 29.4 Å². The number of likely N-dealkylation sites (tertiary alicyclic amines) is 1. The minimum atomic E-state index is -0.513. The number of ether oxygens (including phenoxy) is 1. The van der Waals surface area contributed by atoms with E-state index in [-0.39, 0.29) is 23.4 Å². The zero-order chi connectivity index (χ0) is 21.1. The van der Waals surface area contributed by atoms with Gasteiger partial charge in [0.2, 0.25) is 5.91 Å². The topological polar surface area (TPSA) is 71.5 Å². The predicted molar refractivity (Wildman–Crippen MR) is 113 cm³/mol. The van der Waals surface area contributed by atoms with Gasteiger partial charge in [0.05, 0.1) is 5.01 Å². The highest BCUT2D eigenvalue weighted by Gasteiger charge is 2.29. The molecular formula is C21H33N3O3S. The van der Waals surface area contributed by atoms with Crippen LogP contribution in [0.1, 0.15) is 71.2 Å². The lowest BCUT2D eigenvalue weighted by Gasteiger charge is -2.37. The molecule has 1 aliphatic heterocycles. The highest BCUT2D eigenvalue weighted by atomic mass is 32.1. The van der Waals surface area contributed by atoms with Crippen molar-refractivity contribution in [2.45, 2.75) is 84.4 Å². The van der Waals surface area contributed by atoms with Crippen LogP contribution in [0.2, 0.25) is 0 Å². The van der Waals surface area contributed by atoms with E-state index in [2.05, 4.69) is 31.1 Å². The molecule has 1 aromatic rings. The van der Waals surface area contributed by atoms with Crippen LogP contribution >= 0.6 is 11.3 Å². The van der Waals surface area contributed by atoms with E-state index in [1.54, 1.807) is 17.4 Å². The summed E-state index contributed by atoms with van der Waals surface area (Å²) in [6.45, 7) is 14.5. The van der Waals surface area contributed by atoms with Gasteiger partial charge in [-0.1, -0.05) is 20.8 Å². The molecule has 2 rings (SSSR count). The first-order valence-corrected chi connectivity index (χ1v) is 10.6. The smallest absolute Gasteiger partial charge is 0.407 e. The third-order valence-corrected chi connectivity index (χ3v) is 5.82. The molecule has 2 heterocycles. The highest BCUT2D eigenvalue weighted by Crippen LogP contribution is 2.27. The molecule has 0 aromatic carbocycles. The van der Waals surface area contributed by atoms with Gasteiger partial charge >= 0.3 is 6.09 Å². The van der Waals surface area contributed by atoms with Gasteiger partial charge in [0.15, 0.2) is 0 Å². The summed E-state index contributed by atoms with van der Waals surface area (Å²) in [5.41, 5.74) is -0.501. The van der Waals surface area contributed by atoms with Crippen LogP contribution in [-0.4, -0.2) is 46.1 Å². The van der Waals surface area contributed by atoms with E-state index in [1.807, 2.05) is 44.9 Å². The fourth-order valence-electron chi connectivity index (χ4n) is 3.06. The van der Waals surface area contributed by atoms with Gasteiger partial charge in [-0.15, -0.1) is 11.3 Å². The normalized spacial score (nSPS) is 21.0. The van der Waals surface area contributed by atoms with Gasteiger partial charge in [-0.2, -0.15) is 0 Å². The maximum atomic E-state index is 12.6. The second-order valence-electron chi connectivity index (χ2n) is 9.40. The number of aromatic nitrogens is 1. The van der Waals surface area contributed by atoms with Gasteiger partial charge in [0.25, 0.3) is 0 Å². The van der Waals surface area contributed by atoms with Crippen LogP contribution in [0.4, 0.5) is 4.79 Å². The molecule has 0 spiro atoms. The van der Waals surface area contributed by atoms with Crippen molar-refractivity contribution < 1.29 is 14.3 Å². The highest BCUT2D eigenvalue weighted by molar-refractivity contribution is 7.12. The minimum absolute atomic E-state index is 0.00562. The van der Waals surface area contributed by atoms with Crippen molar-refractivity contribution in [2.75, 3.05) is 6.54 Å². The maximum Gasteiger partial charge on any atom is 0.407 e. The third kappa shape index (κ3) is 6.62. The lowest BCUT2D eigenvalue weighted by molar-refractivity contribution is -0.129. The van der Waals surface area contributed by atoms with E-state index in [4.69, 9.17) is 4.74 Å². The molecule has 1 fully saturated rings. The average Bonchev–Trinajstić information content (AvgIpc) is 3.00. The van der Waals surface area contributed by atoms with Gasteiger partial charge in [0, 0.05) is 41.2 Å². The summed E-state index contributed by atoms with van der Waals surface area (Å²) in [5, 5.41) is 3.97. The van der Waals surface area contributed by atoms with Crippen LogP contribution in [0, 0.1) is 0 Å². The molecule has 1 saturated heterocycles. The summed E-state index contributed by atoms with van der Waals surface area (Å²) in [6.07, 6.45) is 6.32. The van der Waals surface area contributed by atoms with Gasteiger partial charge in [-0.3, -0.25) is 4.79 Å². The van der Waals surface area contributed by atoms with Gasteiger partial charge in [-0.25, -0.2) is 9.78 Å². The van der Waals surface area contributed by atoms with Crippen LogP contribution in [-0.2, 0) is 14.9 Å². The first kappa shape index (κ1) is 22.4. The van der Waals surface area contributed by atoms with E-state index in [1.165, 1.54) is 0 Å². The summed E-state index contributed by atoms with van der Waals surface area (Å²) in [7, 11) is 0. The molecule has 0 saturated carbocycles. The number of carbonyl (C=O) groups is 2. The number of nitrogens with one attached hydrogen (secondary N) is 1. The summed E-state index contributed by atoms with van der Waals surface area (Å²) >= 11 is 1.61. The Morgan fingerprint density at radius 3 is 2.50 bits per heavy atom. The summed E-state index contributed by atoms with van der Waals surface area (Å²) in [4.78, 5) is 31.8. The Hall–Kier alpha value is -1.89. The average molecular weight is 408 g/mol. The molecular weight excluding hydrogens is 374 g/mol. The number of amides is 2. The van der Waals surface area contributed by atoms with E-state index in [9.17, 15) is 9.59 Å². The van der Waals surface area contributed by atoms with Crippen molar-refractivity contribution in [2.24, 2.45) is 0 Å². The Bertz CT molecular complexity index is 728. The Morgan fingerprint density at radius 1 is 1.29 bits per heavy atom. The van der Waals surface area contributed by atoms with Crippen molar-refractivity contribution in [3.63, 3.8) is 0 Å². The molecule has 2 atom stereocenters. The molecule has 7 heteroatoms. The molecule has 2 amide bonds. The van der Waals surface area contributed by atoms with E-state index in [0.29, 0.717) is 13.0 Å². The Kier molecular flexibility index (Phi) is 6.91. The third-order valence-electron chi connectivity index (χ3n) is 4.44. The SMILES string of the molecule is CC1CC(NC(=O)OC(C)(C)C)CCN1C(=O)C=Cc1cnc(C(C)(C)C)s1. The fourth-order valence-corrected chi connectivity index (χ4v) is 3.94. The second-order valence-corrected chi connectivity index (χ2v) is 10.5. The zero-order valence-corrected chi connectivity index (χ0v) is 18.9. The number of piperidine rings is 1. The quantitative estimate of drug-likeness (QED) is 0.756. The minimum Gasteiger partial charge on any atom is -0.444 e. The zero-order valence-electron chi connectivity index (χ0n) is 18.0. The number of thiazole rings is 1. The van der Waals surface area contributed by atoms with Gasteiger partial charge in [0.1, 0.15) is 5.60 Å².